The maximum absolute atomic E-state index is 13.5. The van der Waals surface area contributed by atoms with Gasteiger partial charge in [0.05, 0.1) is 22.7 Å². The minimum absolute atomic E-state index is 0.0170. The minimum atomic E-state index is -4.17. The molecule has 1 heterocycles. The van der Waals surface area contributed by atoms with Gasteiger partial charge in [-0.05, 0) is 49.2 Å². The molecule has 0 bridgehead atoms. The third kappa shape index (κ3) is 3.38. The summed E-state index contributed by atoms with van der Waals surface area (Å²) in [6.45, 7) is 3.32. The summed E-state index contributed by atoms with van der Waals surface area (Å²) in [4.78, 5) is 24.1. The van der Waals surface area contributed by atoms with Crippen molar-refractivity contribution < 1.29 is 18.0 Å². The van der Waals surface area contributed by atoms with E-state index in [-0.39, 0.29) is 10.6 Å². The molecule has 1 aliphatic rings. The topological polar surface area (TPSA) is 110 Å². The minimum Gasteiger partial charge on any atom is -0.370 e. The standard InChI is InChI=1S/C18H18ClN3O4S/c1-10-8-16(11(2)7-12(10)19)27(25,26)22-14-6-4-3-5-13(14)21-18(24)15(22)9-17(20)23/h3-8,15H,9H2,1-2H3,(H2,20,23)(H,21,24)/t15-/m1/s1. The van der Waals surface area contributed by atoms with E-state index in [0.717, 1.165) is 4.31 Å². The monoisotopic (exact) mass is 407 g/mol. The second-order valence-electron chi connectivity index (χ2n) is 6.36. The highest BCUT2D eigenvalue weighted by Crippen LogP contribution is 2.38. The summed E-state index contributed by atoms with van der Waals surface area (Å²) >= 11 is 6.09. The number of amides is 2. The molecule has 2 aromatic rings. The van der Waals surface area contributed by atoms with Crippen molar-refractivity contribution in [2.24, 2.45) is 5.73 Å². The normalized spacial score (nSPS) is 16.6. The van der Waals surface area contributed by atoms with Gasteiger partial charge in [0.1, 0.15) is 6.04 Å². The van der Waals surface area contributed by atoms with Gasteiger partial charge in [0.25, 0.3) is 10.0 Å². The van der Waals surface area contributed by atoms with Gasteiger partial charge >= 0.3 is 0 Å². The molecule has 0 saturated carbocycles. The molecule has 3 N–H and O–H groups in total. The molecule has 9 heteroatoms. The van der Waals surface area contributed by atoms with E-state index in [9.17, 15) is 18.0 Å². The average Bonchev–Trinajstić information content (AvgIpc) is 2.58. The Balaban J connectivity index is 2.25. The summed E-state index contributed by atoms with van der Waals surface area (Å²) in [7, 11) is -4.17. The maximum Gasteiger partial charge on any atom is 0.265 e. The van der Waals surface area contributed by atoms with Gasteiger partial charge in [-0.2, -0.15) is 0 Å². The van der Waals surface area contributed by atoms with Crippen molar-refractivity contribution >= 4 is 44.8 Å². The Morgan fingerprint density at radius 1 is 1.22 bits per heavy atom. The van der Waals surface area contributed by atoms with E-state index in [1.165, 1.54) is 6.07 Å². The van der Waals surface area contributed by atoms with Gasteiger partial charge in [-0.15, -0.1) is 0 Å². The molecule has 3 rings (SSSR count). The number of anilines is 2. The molecule has 0 spiro atoms. The Kier molecular flexibility index (Phi) is 4.88. The zero-order valence-corrected chi connectivity index (χ0v) is 16.3. The fourth-order valence-electron chi connectivity index (χ4n) is 3.06. The molecule has 0 radical (unpaired) electrons. The number of para-hydroxylation sites is 2. The number of hydrogen-bond donors (Lipinski definition) is 2. The number of sulfonamides is 1. The fraction of sp³-hybridized carbons (Fsp3) is 0.222. The van der Waals surface area contributed by atoms with Crippen molar-refractivity contribution in [3.8, 4) is 0 Å². The second kappa shape index (κ2) is 6.86. The lowest BCUT2D eigenvalue weighted by Gasteiger charge is -2.36. The number of primary amides is 1. The van der Waals surface area contributed by atoms with Crippen LogP contribution < -0.4 is 15.4 Å². The first-order valence-electron chi connectivity index (χ1n) is 8.12. The number of nitrogens with zero attached hydrogens (tertiary/aromatic N) is 1. The van der Waals surface area contributed by atoms with E-state index in [1.807, 2.05) is 0 Å². The molecule has 0 saturated heterocycles. The number of nitrogens with two attached hydrogens (primary N) is 1. The van der Waals surface area contributed by atoms with Gasteiger partial charge in [0.15, 0.2) is 0 Å². The Labute approximate surface area is 162 Å². The molecular weight excluding hydrogens is 390 g/mol. The lowest BCUT2D eigenvalue weighted by molar-refractivity contribution is -0.123. The number of halogens is 1. The quantitative estimate of drug-likeness (QED) is 0.810. The predicted octanol–water partition coefficient (Wildman–Crippen LogP) is 2.35. The number of carbonyl (C=O) groups excluding carboxylic acids is 2. The second-order valence-corrected chi connectivity index (χ2v) is 8.55. The SMILES string of the molecule is Cc1cc(S(=O)(=O)N2c3ccccc3NC(=O)[C@H]2CC(N)=O)c(C)cc1Cl. The van der Waals surface area contributed by atoms with Crippen LogP contribution in [0.4, 0.5) is 11.4 Å². The van der Waals surface area contributed by atoms with Gasteiger partial charge in [0, 0.05) is 5.02 Å². The molecule has 7 nitrogen and oxygen atoms in total. The van der Waals surface area contributed by atoms with Crippen LogP contribution in [0.2, 0.25) is 5.02 Å². The number of hydrogen-bond acceptors (Lipinski definition) is 4. The highest BCUT2D eigenvalue weighted by molar-refractivity contribution is 7.93. The van der Waals surface area contributed by atoms with E-state index >= 15 is 0 Å². The number of aryl methyl sites for hydroxylation is 2. The summed E-state index contributed by atoms with van der Waals surface area (Å²) in [6.07, 6.45) is -0.439. The Morgan fingerprint density at radius 2 is 1.89 bits per heavy atom. The van der Waals surface area contributed by atoms with Crippen molar-refractivity contribution in [3.63, 3.8) is 0 Å². The first kappa shape index (κ1) is 19.2. The van der Waals surface area contributed by atoms with E-state index in [1.54, 1.807) is 44.2 Å². The molecular formula is C18H18ClN3O4S. The largest absolute Gasteiger partial charge is 0.370 e. The average molecular weight is 408 g/mol. The van der Waals surface area contributed by atoms with Crippen molar-refractivity contribution in [3.05, 3.63) is 52.5 Å². The summed E-state index contributed by atoms with van der Waals surface area (Å²) in [6, 6.07) is 8.23. The summed E-state index contributed by atoms with van der Waals surface area (Å²) < 4.78 is 28.0. The van der Waals surface area contributed by atoms with Crippen LogP contribution in [0.15, 0.2) is 41.3 Å². The van der Waals surface area contributed by atoms with Crippen LogP contribution in [0.3, 0.4) is 0 Å². The van der Waals surface area contributed by atoms with Crippen LogP contribution in [0.25, 0.3) is 0 Å². The molecule has 0 aromatic heterocycles. The molecule has 27 heavy (non-hydrogen) atoms. The van der Waals surface area contributed by atoms with Gasteiger partial charge in [-0.3, -0.25) is 13.9 Å². The number of rotatable bonds is 4. The van der Waals surface area contributed by atoms with Crippen LogP contribution in [0, 0.1) is 13.8 Å². The van der Waals surface area contributed by atoms with Crippen LogP contribution in [0.1, 0.15) is 17.5 Å². The first-order chi connectivity index (χ1) is 12.6. The summed E-state index contributed by atoms with van der Waals surface area (Å²) in [5.41, 5.74) is 6.90. The zero-order valence-electron chi connectivity index (χ0n) is 14.7. The van der Waals surface area contributed by atoms with E-state index in [4.69, 9.17) is 17.3 Å². The third-order valence-corrected chi connectivity index (χ3v) is 6.74. The Hall–Kier alpha value is -2.58. The number of nitrogens with one attached hydrogen (secondary N) is 1. The fourth-order valence-corrected chi connectivity index (χ4v) is 5.21. The molecule has 0 aliphatic carbocycles. The van der Waals surface area contributed by atoms with Crippen molar-refractivity contribution in [2.45, 2.75) is 31.2 Å². The van der Waals surface area contributed by atoms with E-state index in [0.29, 0.717) is 21.8 Å². The highest BCUT2D eigenvalue weighted by atomic mass is 35.5. The lowest BCUT2D eigenvalue weighted by atomic mass is 10.1. The van der Waals surface area contributed by atoms with Crippen LogP contribution in [-0.2, 0) is 19.6 Å². The van der Waals surface area contributed by atoms with Crippen molar-refractivity contribution in [1.82, 2.24) is 0 Å². The number of fused-ring (bicyclic) bond motifs is 1. The highest BCUT2D eigenvalue weighted by Gasteiger charge is 2.42. The van der Waals surface area contributed by atoms with Gasteiger partial charge in [-0.25, -0.2) is 8.42 Å². The van der Waals surface area contributed by atoms with Gasteiger partial charge < -0.3 is 11.1 Å². The molecule has 2 amide bonds. The van der Waals surface area contributed by atoms with Crippen LogP contribution in [0.5, 0.6) is 0 Å². The van der Waals surface area contributed by atoms with E-state index in [2.05, 4.69) is 5.32 Å². The molecule has 2 aromatic carbocycles. The molecule has 1 aliphatic heterocycles. The molecule has 142 valence electrons. The number of carbonyl (C=O) groups is 2. The summed E-state index contributed by atoms with van der Waals surface area (Å²) in [5.74, 6) is -1.39. The maximum atomic E-state index is 13.5. The lowest BCUT2D eigenvalue weighted by Crippen LogP contribution is -2.52. The molecule has 0 unspecified atom stereocenters. The Bertz CT molecular complexity index is 1050. The van der Waals surface area contributed by atoms with Crippen molar-refractivity contribution in [1.29, 1.82) is 0 Å². The van der Waals surface area contributed by atoms with Crippen LogP contribution in [-0.4, -0.2) is 26.3 Å². The molecule has 0 fully saturated rings. The van der Waals surface area contributed by atoms with Crippen LogP contribution >= 0.6 is 11.6 Å². The first-order valence-corrected chi connectivity index (χ1v) is 9.94. The summed E-state index contributed by atoms with van der Waals surface area (Å²) in [5, 5.41) is 3.07. The predicted molar refractivity (Wildman–Crippen MR) is 103 cm³/mol. The van der Waals surface area contributed by atoms with Gasteiger partial charge in [-0.1, -0.05) is 23.7 Å². The molecule has 1 atom stereocenters. The Morgan fingerprint density at radius 3 is 2.56 bits per heavy atom. The van der Waals surface area contributed by atoms with E-state index < -0.39 is 34.3 Å². The zero-order chi connectivity index (χ0) is 19.9. The number of benzene rings is 2. The smallest absolute Gasteiger partial charge is 0.265 e. The van der Waals surface area contributed by atoms with Gasteiger partial charge in [0.2, 0.25) is 11.8 Å². The van der Waals surface area contributed by atoms with Crippen molar-refractivity contribution in [2.75, 3.05) is 9.62 Å². The third-order valence-electron chi connectivity index (χ3n) is 4.37.